The summed E-state index contributed by atoms with van der Waals surface area (Å²) in [6.07, 6.45) is 0.253. The molecular formula is C15H16O6. The number of ketones is 2. The van der Waals surface area contributed by atoms with Crippen molar-refractivity contribution in [3.8, 4) is 11.5 Å². The summed E-state index contributed by atoms with van der Waals surface area (Å²) in [6.45, 7) is 3.03. The van der Waals surface area contributed by atoms with Crippen LogP contribution in [0.4, 0.5) is 0 Å². The van der Waals surface area contributed by atoms with Crippen LogP contribution in [0.25, 0.3) is 0 Å². The molecule has 0 aliphatic heterocycles. The van der Waals surface area contributed by atoms with E-state index in [4.69, 9.17) is 4.74 Å². The Balaban J connectivity index is 2.78. The van der Waals surface area contributed by atoms with Gasteiger partial charge in [-0.25, -0.2) is 0 Å². The number of hydrogen-bond acceptors (Lipinski definition) is 6. The fourth-order valence-corrected chi connectivity index (χ4v) is 2.43. The second kappa shape index (κ2) is 5.21. The van der Waals surface area contributed by atoms with Crippen LogP contribution in [0.3, 0.4) is 0 Å². The molecule has 2 rings (SSSR count). The van der Waals surface area contributed by atoms with Crippen molar-refractivity contribution in [2.45, 2.75) is 26.4 Å². The third kappa shape index (κ3) is 2.27. The number of hydrogen-bond donors (Lipinski definition) is 3. The van der Waals surface area contributed by atoms with Crippen molar-refractivity contribution in [1.82, 2.24) is 0 Å². The minimum absolute atomic E-state index is 0.0476. The molecule has 1 atom stereocenters. The number of allylic oxidation sites excluding steroid dienone is 2. The molecule has 1 aromatic carbocycles. The van der Waals surface area contributed by atoms with E-state index in [0.717, 1.165) is 6.08 Å². The van der Waals surface area contributed by atoms with Crippen LogP contribution in [-0.4, -0.2) is 40.1 Å². The zero-order valence-corrected chi connectivity index (χ0v) is 11.9. The van der Waals surface area contributed by atoms with Crippen LogP contribution >= 0.6 is 0 Å². The summed E-state index contributed by atoms with van der Waals surface area (Å²) in [5.41, 5.74) is -0.00874. The smallest absolute Gasteiger partial charge is 0.232 e. The summed E-state index contributed by atoms with van der Waals surface area (Å²) in [4.78, 5) is 24.3. The minimum Gasteiger partial charge on any atom is -0.507 e. The van der Waals surface area contributed by atoms with Gasteiger partial charge in [-0.3, -0.25) is 9.59 Å². The van der Waals surface area contributed by atoms with Gasteiger partial charge in [0.15, 0.2) is 11.5 Å². The Morgan fingerprint density at radius 3 is 2.33 bits per heavy atom. The predicted molar refractivity (Wildman–Crippen MR) is 73.6 cm³/mol. The number of aliphatic hydroxyl groups is 1. The van der Waals surface area contributed by atoms with Gasteiger partial charge in [-0.2, -0.15) is 0 Å². The van der Waals surface area contributed by atoms with E-state index in [1.54, 1.807) is 0 Å². The fraction of sp³-hybridized carbons (Fsp3) is 0.333. The maximum absolute atomic E-state index is 12.2. The van der Waals surface area contributed by atoms with Crippen molar-refractivity contribution in [3.63, 3.8) is 0 Å². The largest absolute Gasteiger partial charge is 0.507 e. The average molecular weight is 292 g/mol. The summed E-state index contributed by atoms with van der Waals surface area (Å²) in [5, 5.41) is 30.0. The molecule has 0 aromatic heterocycles. The van der Waals surface area contributed by atoms with E-state index in [9.17, 15) is 24.9 Å². The third-order valence-corrected chi connectivity index (χ3v) is 3.50. The number of methoxy groups -OCH3 is 1. The van der Waals surface area contributed by atoms with Gasteiger partial charge in [-0.15, -0.1) is 0 Å². The number of Topliss-reactive ketones (excluding diaryl/α,β-unsaturated/α-hetero) is 1. The number of fused-ring (bicyclic) bond motifs is 1. The Labute approximate surface area is 121 Å². The molecule has 0 radical (unpaired) electrons. The van der Waals surface area contributed by atoms with Crippen LogP contribution in [0.2, 0.25) is 0 Å². The molecule has 0 unspecified atom stereocenters. The first kappa shape index (κ1) is 15.1. The van der Waals surface area contributed by atoms with Gasteiger partial charge in [0.25, 0.3) is 0 Å². The Morgan fingerprint density at radius 2 is 1.81 bits per heavy atom. The molecule has 1 aliphatic rings. The summed E-state index contributed by atoms with van der Waals surface area (Å²) in [5.74, 6) is -2.24. The number of benzene rings is 1. The first-order valence-electron chi connectivity index (χ1n) is 6.39. The maximum atomic E-state index is 12.2. The van der Waals surface area contributed by atoms with Gasteiger partial charge >= 0.3 is 0 Å². The van der Waals surface area contributed by atoms with Crippen LogP contribution < -0.4 is 0 Å². The molecule has 21 heavy (non-hydrogen) atoms. The third-order valence-electron chi connectivity index (χ3n) is 3.50. The van der Waals surface area contributed by atoms with Crippen molar-refractivity contribution in [2.24, 2.45) is 0 Å². The molecule has 0 saturated carbocycles. The molecule has 0 amide bonds. The minimum atomic E-state index is -0.779. The van der Waals surface area contributed by atoms with Gasteiger partial charge in [0.2, 0.25) is 5.78 Å². The number of ether oxygens (including phenoxy) is 1. The molecule has 0 fully saturated rings. The number of phenols is 2. The van der Waals surface area contributed by atoms with Crippen LogP contribution in [0.15, 0.2) is 11.8 Å². The number of phenolic OH excluding ortho intramolecular Hbond substituents is 2. The molecule has 6 heteroatoms. The quantitative estimate of drug-likeness (QED) is 0.724. The standard InChI is InChI=1S/C15H16O6/c1-6(16)4-8-7(2)13(18)11-9(17)5-10(21-3)15(20)12(11)14(8)19/h5-6,16,18-19H,4H2,1-3H3/t6-/m0/s1. The molecule has 0 spiro atoms. The van der Waals surface area contributed by atoms with Gasteiger partial charge < -0.3 is 20.1 Å². The fourth-order valence-electron chi connectivity index (χ4n) is 2.43. The number of carbonyl (C=O) groups is 2. The van der Waals surface area contributed by atoms with E-state index in [1.165, 1.54) is 21.0 Å². The maximum Gasteiger partial charge on any atom is 0.232 e. The zero-order valence-electron chi connectivity index (χ0n) is 11.9. The van der Waals surface area contributed by atoms with Crippen molar-refractivity contribution in [2.75, 3.05) is 7.11 Å². The normalized spacial score (nSPS) is 15.5. The topological polar surface area (TPSA) is 104 Å². The highest BCUT2D eigenvalue weighted by atomic mass is 16.5. The Bertz CT molecular complexity index is 669. The van der Waals surface area contributed by atoms with Crippen molar-refractivity contribution in [1.29, 1.82) is 0 Å². The highest BCUT2D eigenvalue weighted by Crippen LogP contribution is 2.41. The van der Waals surface area contributed by atoms with E-state index in [1.807, 2.05) is 0 Å². The van der Waals surface area contributed by atoms with E-state index < -0.39 is 23.4 Å². The van der Waals surface area contributed by atoms with E-state index >= 15 is 0 Å². The summed E-state index contributed by atoms with van der Waals surface area (Å²) in [7, 11) is 1.24. The highest BCUT2D eigenvalue weighted by Gasteiger charge is 2.35. The molecule has 112 valence electrons. The number of aromatic hydroxyl groups is 2. The van der Waals surface area contributed by atoms with E-state index in [0.29, 0.717) is 0 Å². The van der Waals surface area contributed by atoms with Gasteiger partial charge in [-0.1, -0.05) is 0 Å². The lowest BCUT2D eigenvalue weighted by Gasteiger charge is -2.21. The molecular weight excluding hydrogens is 276 g/mol. The lowest BCUT2D eigenvalue weighted by molar-refractivity contribution is 0.0911. The molecule has 1 aliphatic carbocycles. The highest BCUT2D eigenvalue weighted by molar-refractivity contribution is 6.26. The van der Waals surface area contributed by atoms with Gasteiger partial charge in [-0.05, 0) is 19.4 Å². The number of carbonyl (C=O) groups excluding carboxylic acids is 2. The Kier molecular flexibility index (Phi) is 3.74. The molecule has 1 aromatic rings. The molecule has 0 heterocycles. The van der Waals surface area contributed by atoms with E-state index in [2.05, 4.69) is 0 Å². The molecule has 3 N–H and O–H groups in total. The summed E-state index contributed by atoms with van der Waals surface area (Å²) in [6, 6.07) is 0. The summed E-state index contributed by atoms with van der Waals surface area (Å²) >= 11 is 0. The average Bonchev–Trinajstić information content (AvgIpc) is 2.42. The molecule has 0 saturated heterocycles. The monoisotopic (exact) mass is 292 g/mol. The predicted octanol–water partition coefficient (Wildman–Crippen LogP) is 1.24. The molecule has 0 bridgehead atoms. The molecule has 6 nitrogen and oxygen atoms in total. The first-order chi connectivity index (χ1) is 9.79. The van der Waals surface area contributed by atoms with Crippen LogP contribution in [0, 0.1) is 6.92 Å². The summed E-state index contributed by atoms with van der Waals surface area (Å²) < 4.78 is 4.83. The second-order valence-corrected chi connectivity index (χ2v) is 5.01. The van der Waals surface area contributed by atoms with Crippen LogP contribution in [0.5, 0.6) is 11.5 Å². The van der Waals surface area contributed by atoms with E-state index in [-0.39, 0.29) is 40.2 Å². The lowest BCUT2D eigenvalue weighted by atomic mass is 9.86. The van der Waals surface area contributed by atoms with Crippen LogP contribution in [-0.2, 0) is 11.2 Å². The second-order valence-electron chi connectivity index (χ2n) is 5.01. The first-order valence-corrected chi connectivity index (χ1v) is 6.39. The number of aliphatic hydroxyl groups excluding tert-OH is 1. The zero-order chi connectivity index (χ0) is 15.9. The van der Waals surface area contributed by atoms with Crippen molar-refractivity contribution in [3.05, 3.63) is 34.1 Å². The SMILES string of the molecule is COC1=CC(=O)c2c(O)c(C)c(C[C@H](C)O)c(O)c2C1=O. The van der Waals surface area contributed by atoms with Crippen molar-refractivity contribution < 1.29 is 29.6 Å². The lowest BCUT2D eigenvalue weighted by Crippen LogP contribution is -2.20. The van der Waals surface area contributed by atoms with Gasteiger partial charge in [0.1, 0.15) is 11.5 Å². The Morgan fingerprint density at radius 1 is 1.19 bits per heavy atom. The number of rotatable bonds is 3. The Hall–Kier alpha value is -2.34. The van der Waals surface area contributed by atoms with Crippen molar-refractivity contribution >= 4 is 11.6 Å². The van der Waals surface area contributed by atoms with Crippen LogP contribution in [0.1, 0.15) is 38.8 Å². The van der Waals surface area contributed by atoms with Gasteiger partial charge in [0.05, 0.1) is 24.3 Å². The van der Waals surface area contributed by atoms with Gasteiger partial charge in [0, 0.05) is 18.1 Å².